The van der Waals surface area contributed by atoms with Crippen molar-refractivity contribution in [3.05, 3.63) is 25.2 Å². The van der Waals surface area contributed by atoms with Crippen LogP contribution in [0.5, 0.6) is 0 Å². The fraction of sp³-hybridized carbons (Fsp3) is 0.200. The van der Waals surface area contributed by atoms with E-state index in [2.05, 4.69) is 66.8 Å². The van der Waals surface area contributed by atoms with E-state index in [0.29, 0.717) is 0 Å². The molecule has 6 heteroatoms. The van der Waals surface area contributed by atoms with Crippen molar-refractivity contribution >= 4 is 55.7 Å². The molecule has 2 rings (SSSR count). The molecule has 0 amide bonds. The number of aryl methyl sites for hydroxylation is 1. The van der Waals surface area contributed by atoms with Crippen LogP contribution in [0.4, 0.5) is 5.82 Å². The third kappa shape index (κ3) is 2.38. The molecule has 2 aromatic rings. The molecule has 0 fully saturated rings. The van der Waals surface area contributed by atoms with Gasteiger partial charge in [-0.1, -0.05) is 0 Å². The molecule has 2 aromatic heterocycles. The van der Waals surface area contributed by atoms with Crippen LogP contribution in [0.15, 0.2) is 16.7 Å². The summed E-state index contributed by atoms with van der Waals surface area (Å²) in [6.45, 7) is 2.07. The lowest BCUT2D eigenvalue weighted by atomic mass is 10.4. The van der Waals surface area contributed by atoms with Crippen LogP contribution in [-0.2, 0) is 0 Å². The molecule has 0 aliphatic rings. The molecule has 0 aromatic carbocycles. The zero-order valence-electron chi connectivity index (χ0n) is 8.71. The second kappa shape index (κ2) is 4.97. The smallest absolute Gasteiger partial charge is 0.171 e. The predicted molar refractivity (Wildman–Crippen MR) is 80.0 cm³/mol. The molecule has 0 atom stereocenters. The van der Waals surface area contributed by atoms with Crippen LogP contribution in [0, 0.1) is 10.5 Å². The van der Waals surface area contributed by atoms with E-state index in [9.17, 15) is 0 Å². The van der Waals surface area contributed by atoms with E-state index in [-0.39, 0.29) is 0 Å². The molecule has 0 bridgehead atoms. The van der Waals surface area contributed by atoms with E-state index < -0.39 is 0 Å². The Kier molecular flexibility index (Phi) is 3.81. The molecule has 0 spiro atoms. The normalized spacial score (nSPS) is 10.5. The minimum absolute atomic E-state index is 0.767. The fourth-order valence-electron chi connectivity index (χ4n) is 1.23. The molecular weight excluding hydrogens is 401 g/mol. The predicted octanol–water partition coefficient (Wildman–Crippen LogP) is 3.92. The highest BCUT2D eigenvalue weighted by Gasteiger charge is 2.09. The number of aromatic nitrogens is 2. The molecule has 0 aliphatic carbocycles. The van der Waals surface area contributed by atoms with Gasteiger partial charge < -0.3 is 5.32 Å². The van der Waals surface area contributed by atoms with E-state index in [1.165, 1.54) is 4.88 Å². The Morgan fingerprint density at radius 2 is 2.25 bits per heavy atom. The summed E-state index contributed by atoms with van der Waals surface area (Å²) < 4.78 is 2.14. The molecule has 84 valence electrons. The standard InChI is InChI=1S/C10H9BrIN3S/c1-5-6(11)3-8(16-5)10-14-4-7(12)9(13-2)15-10/h3-4H,1-2H3,(H,13,14,15). The van der Waals surface area contributed by atoms with Crippen molar-refractivity contribution in [1.82, 2.24) is 9.97 Å². The summed E-state index contributed by atoms with van der Waals surface area (Å²) in [7, 11) is 1.86. The van der Waals surface area contributed by atoms with Crippen LogP contribution in [0.3, 0.4) is 0 Å². The molecule has 0 unspecified atom stereocenters. The lowest BCUT2D eigenvalue weighted by Crippen LogP contribution is -1.98. The zero-order valence-corrected chi connectivity index (χ0v) is 13.3. The quantitative estimate of drug-likeness (QED) is 0.764. The van der Waals surface area contributed by atoms with E-state index in [0.717, 1.165) is 24.6 Å². The molecule has 2 heterocycles. The minimum atomic E-state index is 0.767. The third-order valence-corrected chi connectivity index (χ3v) is 4.98. The monoisotopic (exact) mass is 409 g/mol. The van der Waals surface area contributed by atoms with Gasteiger partial charge in [-0.05, 0) is 51.5 Å². The summed E-state index contributed by atoms with van der Waals surface area (Å²) >= 11 is 7.41. The Balaban J connectivity index is 2.48. The maximum Gasteiger partial charge on any atom is 0.171 e. The zero-order chi connectivity index (χ0) is 11.7. The van der Waals surface area contributed by atoms with Crippen molar-refractivity contribution in [3.63, 3.8) is 0 Å². The molecule has 16 heavy (non-hydrogen) atoms. The average Bonchev–Trinajstić information content (AvgIpc) is 2.60. The molecule has 0 saturated carbocycles. The van der Waals surface area contributed by atoms with Gasteiger partial charge >= 0.3 is 0 Å². The summed E-state index contributed by atoms with van der Waals surface area (Å²) in [6, 6.07) is 2.06. The highest BCUT2D eigenvalue weighted by molar-refractivity contribution is 14.1. The van der Waals surface area contributed by atoms with Crippen molar-refractivity contribution in [2.24, 2.45) is 0 Å². The second-order valence-corrected chi connectivity index (χ2v) is 6.43. The average molecular weight is 410 g/mol. The first kappa shape index (κ1) is 12.3. The number of anilines is 1. The van der Waals surface area contributed by atoms with Crippen LogP contribution in [0.1, 0.15) is 4.88 Å². The maximum atomic E-state index is 4.48. The first-order valence-corrected chi connectivity index (χ1v) is 7.27. The van der Waals surface area contributed by atoms with Gasteiger partial charge in [-0.15, -0.1) is 11.3 Å². The van der Waals surface area contributed by atoms with E-state index in [4.69, 9.17) is 0 Å². The van der Waals surface area contributed by atoms with Crippen LogP contribution in [-0.4, -0.2) is 17.0 Å². The Labute approximate surface area is 120 Å². The summed E-state index contributed by atoms with van der Waals surface area (Å²) in [4.78, 5) is 11.1. The molecule has 3 nitrogen and oxygen atoms in total. The number of nitrogens with zero attached hydrogens (tertiary/aromatic N) is 2. The highest BCUT2D eigenvalue weighted by atomic mass is 127. The van der Waals surface area contributed by atoms with Crippen LogP contribution in [0.2, 0.25) is 0 Å². The lowest BCUT2D eigenvalue weighted by molar-refractivity contribution is 1.16. The molecule has 0 saturated heterocycles. The van der Waals surface area contributed by atoms with Gasteiger partial charge in [0.05, 0.1) is 8.45 Å². The van der Waals surface area contributed by atoms with Crippen molar-refractivity contribution in [2.45, 2.75) is 6.92 Å². The van der Waals surface area contributed by atoms with Gasteiger partial charge in [0.15, 0.2) is 5.82 Å². The summed E-state index contributed by atoms with van der Waals surface area (Å²) in [5.41, 5.74) is 0. The van der Waals surface area contributed by atoms with Gasteiger partial charge in [0.1, 0.15) is 5.82 Å². The first-order chi connectivity index (χ1) is 7.61. The van der Waals surface area contributed by atoms with Crippen LogP contribution in [0.25, 0.3) is 10.7 Å². The topological polar surface area (TPSA) is 37.8 Å². The number of rotatable bonds is 2. The summed E-state index contributed by atoms with van der Waals surface area (Å²) in [5.74, 6) is 1.64. The Hall–Kier alpha value is -0.210. The molecule has 0 radical (unpaired) electrons. The maximum absolute atomic E-state index is 4.48. The minimum Gasteiger partial charge on any atom is -0.372 e. The third-order valence-electron chi connectivity index (χ3n) is 2.06. The van der Waals surface area contributed by atoms with Gasteiger partial charge in [-0.25, -0.2) is 9.97 Å². The SMILES string of the molecule is CNc1nc(-c2cc(Br)c(C)s2)ncc1I. The van der Waals surface area contributed by atoms with Gasteiger partial charge in [0.25, 0.3) is 0 Å². The Bertz CT molecular complexity index is 507. The number of halogens is 2. The highest BCUT2D eigenvalue weighted by Crippen LogP contribution is 2.32. The number of nitrogens with one attached hydrogen (secondary N) is 1. The Morgan fingerprint density at radius 3 is 2.81 bits per heavy atom. The van der Waals surface area contributed by atoms with Crippen molar-refractivity contribution in [1.29, 1.82) is 0 Å². The van der Waals surface area contributed by atoms with Gasteiger partial charge in [-0.2, -0.15) is 0 Å². The van der Waals surface area contributed by atoms with E-state index >= 15 is 0 Å². The van der Waals surface area contributed by atoms with Gasteiger partial charge in [0.2, 0.25) is 0 Å². The first-order valence-electron chi connectivity index (χ1n) is 4.58. The van der Waals surface area contributed by atoms with Gasteiger partial charge in [-0.3, -0.25) is 0 Å². The summed E-state index contributed by atoms with van der Waals surface area (Å²) in [5, 5.41) is 3.06. The molecule has 0 aliphatic heterocycles. The number of hydrogen-bond donors (Lipinski definition) is 1. The number of thiophene rings is 1. The summed E-state index contributed by atoms with van der Waals surface area (Å²) in [6.07, 6.45) is 1.83. The van der Waals surface area contributed by atoms with E-state index in [1.807, 2.05) is 13.2 Å². The van der Waals surface area contributed by atoms with Crippen molar-refractivity contribution < 1.29 is 0 Å². The molecular formula is C10H9BrIN3S. The largest absolute Gasteiger partial charge is 0.372 e. The molecule has 1 N–H and O–H groups in total. The fourth-order valence-corrected chi connectivity index (χ4v) is 3.24. The Morgan fingerprint density at radius 1 is 1.50 bits per heavy atom. The lowest BCUT2D eigenvalue weighted by Gasteiger charge is -2.03. The van der Waals surface area contributed by atoms with Crippen molar-refractivity contribution in [2.75, 3.05) is 12.4 Å². The second-order valence-electron chi connectivity index (χ2n) is 3.15. The van der Waals surface area contributed by atoms with Gasteiger partial charge in [0, 0.05) is 22.6 Å². The van der Waals surface area contributed by atoms with Crippen LogP contribution < -0.4 is 5.32 Å². The van der Waals surface area contributed by atoms with Crippen molar-refractivity contribution in [3.8, 4) is 10.7 Å². The van der Waals surface area contributed by atoms with E-state index in [1.54, 1.807) is 11.3 Å². The number of hydrogen-bond acceptors (Lipinski definition) is 4. The van der Waals surface area contributed by atoms with Crippen LogP contribution >= 0.6 is 49.9 Å².